The van der Waals surface area contributed by atoms with Crippen LogP contribution in [0.15, 0.2) is 18.2 Å². The zero-order chi connectivity index (χ0) is 16.3. The molecule has 0 aliphatic carbocycles. The minimum atomic E-state index is -0.547. The fourth-order valence-corrected chi connectivity index (χ4v) is 2.87. The molecule has 0 spiro atoms. The molecule has 128 valence electrons. The van der Waals surface area contributed by atoms with Crippen molar-refractivity contribution in [3.8, 4) is 5.75 Å². The molecule has 1 aromatic rings. The molecule has 2 unspecified atom stereocenters. The lowest BCUT2D eigenvalue weighted by Gasteiger charge is -2.38. The van der Waals surface area contributed by atoms with Gasteiger partial charge in [0, 0.05) is 30.8 Å². The Labute approximate surface area is 141 Å². The van der Waals surface area contributed by atoms with E-state index in [1.807, 2.05) is 0 Å². The van der Waals surface area contributed by atoms with Gasteiger partial charge in [0.25, 0.3) is 5.91 Å². The van der Waals surface area contributed by atoms with Gasteiger partial charge in [-0.2, -0.15) is 0 Å². The van der Waals surface area contributed by atoms with Gasteiger partial charge in [0.15, 0.2) is 5.75 Å². The van der Waals surface area contributed by atoms with E-state index in [-0.39, 0.29) is 35.8 Å². The third-order valence-electron chi connectivity index (χ3n) is 4.13. The van der Waals surface area contributed by atoms with Crippen LogP contribution in [0.3, 0.4) is 0 Å². The normalized spacial score (nSPS) is 20.6. The van der Waals surface area contributed by atoms with Crippen LogP contribution in [0.4, 0.5) is 5.69 Å². The Bertz CT molecular complexity index is 582. The number of carbonyl (C=O) groups is 1. The smallest absolute Gasteiger partial charge is 0.311 e. The Kier molecular flexibility index (Phi) is 6.78. The van der Waals surface area contributed by atoms with Crippen LogP contribution in [0.25, 0.3) is 0 Å². The van der Waals surface area contributed by atoms with Gasteiger partial charge in [-0.05, 0) is 30.9 Å². The number of carbonyl (C=O) groups excluding carboxylic acids is 1. The number of methoxy groups -OCH3 is 1. The summed E-state index contributed by atoms with van der Waals surface area (Å²) in [6.45, 7) is 3.17. The average Bonchev–Trinajstić information content (AvgIpc) is 2.53. The van der Waals surface area contributed by atoms with Crippen LogP contribution in [0.5, 0.6) is 5.75 Å². The van der Waals surface area contributed by atoms with Gasteiger partial charge in [0.05, 0.1) is 12.0 Å². The van der Waals surface area contributed by atoms with Crippen LogP contribution in [0.2, 0.25) is 0 Å². The standard InChI is InChI=1S/C15H21N3O4.ClH/c1-10-5-6-17(12(7-10)9-16)15(19)11-3-4-14(22-2)13(8-11)18(20)21;/h3-4,8,10,12H,5-7,9,16H2,1-2H3;1H. The Hall–Kier alpha value is -1.86. The van der Waals surface area contributed by atoms with Crippen LogP contribution in [-0.4, -0.2) is 42.0 Å². The number of nitro groups is 1. The van der Waals surface area contributed by atoms with Gasteiger partial charge in [-0.25, -0.2) is 0 Å². The summed E-state index contributed by atoms with van der Waals surface area (Å²) >= 11 is 0. The molecular weight excluding hydrogens is 322 g/mol. The molecule has 1 fully saturated rings. The molecule has 0 bridgehead atoms. The fourth-order valence-electron chi connectivity index (χ4n) is 2.87. The second kappa shape index (κ2) is 8.12. The number of halogens is 1. The molecule has 8 heteroatoms. The number of likely N-dealkylation sites (tertiary alicyclic amines) is 1. The number of amides is 1. The molecule has 1 saturated heterocycles. The maximum atomic E-state index is 12.7. The summed E-state index contributed by atoms with van der Waals surface area (Å²) in [5, 5.41) is 11.1. The van der Waals surface area contributed by atoms with Gasteiger partial charge in [0.2, 0.25) is 0 Å². The molecule has 1 aliphatic heterocycles. The monoisotopic (exact) mass is 343 g/mol. The molecule has 23 heavy (non-hydrogen) atoms. The lowest BCUT2D eigenvalue weighted by Crippen LogP contribution is -2.49. The number of rotatable bonds is 4. The zero-order valence-electron chi connectivity index (χ0n) is 13.2. The second-order valence-corrected chi connectivity index (χ2v) is 5.66. The van der Waals surface area contributed by atoms with Gasteiger partial charge >= 0.3 is 5.69 Å². The van der Waals surface area contributed by atoms with E-state index in [4.69, 9.17) is 10.5 Å². The first-order chi connectivity index (χ1) is 10.5. The largest absolute Gasteiger partial charge is 0.490 e. The summed E-state index contributed by atoms with van der Waals surface area (Å²) in [5.41, 5.74) is 5.86. The molecule has 2 atom stereocenters. The lowest BCUT2D eigenvalue weighted by atomic mass is 9.92. The predicted octanol–water partition coefficient (Wildman–Crippen LogP) is 2.22. The lowest BCUT2D eigenvalue weighted by molar-refractivity contribution is -0.385. The van der Waals surface area contributed by atoms with E-state index in [9.17, 15) is 14.9 Å². The van der Waals surface area contributed by atoms with Crippen molar-refractivity contribution in [3.63, 3.8) is 0 Å². The van der Waals surface area contributed by atoms with E-state index in [0.717, 1.165) is 12.8 Å². The Morgan fingerprint density at radius 3 is 2.78 bits per heavy atom. The first-order valence-corrected chi connectivity index (χ1v) is 7.31. The Balaban J connectivity index is 0.00000264. The first-order valence-electron chi connectivity index (χ1n) is 7.31. The van der Waals surface area contributed by atoms with Crippen molar-refractivity contribution in [2.75, 3.05) is 20.2 Å². The quantitative estimate of drug-likeness (QED) is 0.667. The molecular formula is C15H22ClN3O4. The molecule has 0 aromatic heterocycles. The van der Waals surface area contributed by atoms with Crippen molar-refractivity contribution in [2.24, 2.45) is 11.7 Å². The maximum absolute atomic E-state index is 12.7. The molecule has 1 aromatic carbocycles. The van der Waals surface area contributed by atoms with Crippen LogP contribution >= 0.6 is 12.4 Å². The van der Waals surface area contributed by atoms with E-state index in [1.54, 1.807) is 11.0 Å². The number of piperidine rings is 1. The molecule has 0 saturated carbocycles. The third-order valence-corrected chi connectivity index (χ3v) is 4.13. The zero-order valence-corrected chi connectivity index (χ0v) is 14.0. The van der Waals surface area contributed by atoms with Gasteiger partial charge in [-0.15, -0.1) is 12.4 Å². The van der Waals surface area contributed by atoms with Gasteiger partial charge in [-0.3, -0.25) is 14.9 Å². The average molecular weight is 344 g/mol. The van der Waals surface area contributed by atoms with Crippen molar-refractivity contribution in [1.29, 1.82) is 0 Å². The molecule has 2 N–H and O–H groups in total. The summed E-state index contributed by atoms with van der Waals surface area (Å²) in [6, 6.07) is 4.26. The highest BCUT2D eigenvalue weighted by Crippen LogP contribution is 2.29. The SMILES string of the molecule is COc1ccc(C(=O)N2CCC(C)CC2CN)cc1[N+](=O)[O-].Cl. The topological polar surface area (TPSA) is 98.7 Å². The number of ether oxygens (including phenoxy) is 1. The van der Waals surface area contributed by atoms with E-state index in [1.165, 1.54) is 19.2 Å². The van der Waals surface area contributed by atoms with Crippen LogP contribution in [-0.2, 0) is 0 Å². The molecule has 2 rings (SSSR count). The van der Waals surface area contributed by atoms with Crippen molar-refractivity contribution in [3.05, 3.63) is 33.9 Å². The number of hydrogen-bond donors (Lipinski definition) is 1. The predicted molar refractivity (Wildman–Crippen MR) is 89.2 cm³/mol. The minimum absolute atomic E-state index is 0. The van der Waals surface area contributed by atoms with Crippen LogP contribution < -0.4 is 10.5 Å². The van der Waals surface area contributed by atoms with Gasteiger partial charge in [-0.1, -0.05) is 6.92 Å². The number of nitrogens with two attached hydrogens (primary N) is 1. The van der Waals surface area contributed by atoms with Crippen LogP contribution in [0, 0.1) is 16.0 Å². The van der Waals surface area contributed by atoms with Gasteiger partial charge in [0.1, 0.15) is 0 Å². The molecule has 1 amide bonds. The Morgan fingerprint density at radius 1 is 1.52 bits per heavy atom. The second-order valence-electron chi connectivity index (χ2n) is 5.66. The highest BCUT2D eigenvalue weighted by Gasteiger charge is 2.30. The van der Waals surface area contributed by atoms with Crippen molar-refractivity contribution < 1.29 is 14.5 Å². The molecule has 1 heterocycles. The molecule has 0 radical (unpaired) electrons. The summed E-state index contributed by atoms with van der Waals surface area (Å²) < 4.78 is 4.96. The first kappa shape index (κ1) is 19.2. The van der Waals surface area contributed by atoms with E-state index >= 15 is 0 Å². The maximum Gasteiger partial charge on any atom is 0.311 e. The van der Waals surface area contributed by atoms with Crippen molar-refractivity contribution in [2.45, 2.75) is 25.8 Å². The number of nitro benzene ring substituents is 1. The number of nitrogens with zero attached hydrogens (tertiary/aromatic N) is 2. The summed E-state index contributed by atoms with van der Waals surface area (Å²) in [4.78, 5) is 24.9. The fraction of sp³-hybridized carbons (Fsp3) is 0.533. The van der Waals surface area contributed by atoms with Crippen LogP contribution in [0.1, 0.15) is 30.1 Å². The molecule has 1 aliphatic rings. The summed E-state index contributed by atoms with van der Waals surface area (Å²) in [6.07, 6.45) is 1.78. The minimum Gasteiger partial charge on any atom is -0.490 e. The van der Waals surface area contributed by atoms with Crippen molar-refractivity contribution in [1.82, 2.24) is 4.90 Å². The highest BCUT2D eigenvalue weighted by molar-refractivity contribution is 5.95. The molecule has 7 nitrogen and oxygen atoms in total. The number of benzene rings is 1. The Morgan fingerprint density at radius 2 is 2.22 bits per heavy atom. The van der Waals surface area contributed by atoms with E-state index < -0.39 is 4.92 Å². The summed E-state index contributed by atoms with van der Waals surface area (Å²) in [5.74, 6) is 0.458. The van der Waals surface area contributed by atoms with E-state index in [2.05, 4.69) is 6.92 Å². The highest BCUT2D eigenvalue weighted by atomic mass is 35.5. The van der Waals surface area contributed by atoms with E-state index in [0.29, 0.717) is 24.6 Å². The number of hydrogen-bond acceptors (Lipinski definition) is 5. The van der Waals surface area contributed by atoms with Crippen molar-refractivity contribution >= 4 is 24.0 Å². The summed E-state index contributed by atoms with van der Waals surface area (Å²) in [7, 11) is 1.36. The van der Waals surface area contributed by atoms with Gasteiger partial charge < -0.3 is 15.4 Å². The third kappa shape index (κ3) is 4.11.